The van der Waals surface area contributed by atoms with Crippen molar-refractivity contribution in [3.05, 3.63) is 0 Å². The van der Waals surface area contributed by atoms with E-state index in [0.717, 1.165) is 38.5 Å². The molecule has 186 valence electrons. The lowest BCUT2D eigenvalue weighted by Gasteiger charge is -2.37. The molecule has 2 unspecified atom stereocenters. The summed E-state index contributed by atoms with van der Waals surface area (Å²) < 4.78 is 0. The SMILES string of the molecule is CC(C)N1CCCN(CCN2CCCC(CC(C)N3CCCN(CC(=O)O)CC3)C2)CC1. The van der Waals surface area contributed by atoms with Gasteiger partial charge in [-0.3, -0.25) is 19.5 Å². The highest BCUT2D eigenvalue weighted by atomic mass is 16.4. The Kier molecular flexibility index (Phi) is 10.7. The van der Waals surface area contributed by atoms with Crippen molar-refractivity contribution in [3.63, 3.8) is 0 Å². The van der Waals surface area contributed by atoms with Gasteiger partial charge >= 0.3 is 5.97 Å². The first kappa shape index (κ1) is 25.9. The molecule has 0 aromatic carbocycles. The topological polar surface area (TPSA) is 53.5 Å². The highest BCUT2D eigenvalue weighted by Crippen LogP contribution is 2.23. The Morgan fingerprint density at radius 1 is 0.781 bits per heavy atom. The van der Waals surface area contributed by atoms with Gasteiger partial charge in [0.05, 0.1) is 6.54 Å². The minimum absolute atomic E-state index is 0.187. The van der Waals surface area contributed by atoms with Gasteiger partial charge in [-0.1, -0.05) is 0 Å². The van der Waals surface area contributed by atoms with Crippen molar-refractivity contribution in [3.8, 4) is 0 Å². The van der Waals surface area contributed by atoms with Crippen molar-refractivity contribution in [2.45, 2.75) is 65.0 Å². The molecule has 0 aliphatic carbocycles. The van der Waals surface area contributed by atoms with Gasteiger partial charge in [0, 0.05) is 64.4 Å². The molecule has 3 fully saturated rings. The maximum Gasteiger partial charge on any atom is 0.317 e. The Labute approximate surface area is 196 Å². The molecule has 0 radical (unpaired) electrons. The summed E-state index contributed by atoms with van der Waals surface area (Å²) in [7, 11) is 0. The summed E-state index contributed by atoms with van der Waals surface area (Å²) in [5, 5.41) is 9.08. The molecule has 3 saturated heterocycles. The van der Waals surface area contributed by atoms with Crippen LogP contribution in [0.1, 0.15) is 52.9 Å². The molecular weight excluding hydrogens is 402 g/mol. The van der Waals surface area contributed by atoms with E-state index in [4.69, 9.17) is 5.11 Å². The third-order valence-electron chi connectivity index (χ3n) is 7.97. The number of piperidine rings is 1. The largest absolute Gasteiger partial charge is 0.480 e. The zero-order chi connectivity index (χ0) is 22.9. The number of aliphatic carboxylic acids is 1. The maximum atomic E-state index is 11.0. The number of nitrogens with zero attached hydrogens (tertiary/aromatic N) is 5. The van der Waals surface area contributed by atoms with Crippen LogP contribution in [0.5, 0.6) is 0 Å². The summed E-state index contributed by atoms with van der Waals surface area (Å²) >= 11 is 0. The molecule has 7 nitrogen and oxygen atoms in total. The van der Waals surface area contributed by atoms with Crippen LogP contribution in [0.3, 0.4) is 0 Å². The maximum absolute atomic E-state index is 11.0. The summed E-state index contributed by atoms with van der Waals surface area (Å²) in [6.07, 6.45) is 6.37. The van der Waals surface area contributed by atoms with Crippen LogP contribution in [0.15, 0.2) is 0 Å². The molecule has 2 atom stereocenters. The molecule has 0 aromatic heterocycles. The van der Waals surface area contributed by atoms with Gasteiger partial charge in [-0.2, -0.15) is 0 Å². The summed E-state index contributed by atoms with van der Waals surface area (Å²) in [5.41, 5.74) is 0. The molecule has 3 aliphatic heterocycles. The second-order valence-corrected chi connectivity index (χ2v) is 10.8. The molecule has 3 heterocycles. The number of carboxylic acids is 1. The Bertz CT molecular complexity index is 560. The van der Waals surface area contributed by atoms with Crippen LogP contribution in [0, 0.1) is 5.92 Å². The van der Waals surface area contributed by atoms with E-state index in [1.165, 1.54) is 78.0 Å². The first-order valence-electron chi connectivity index (χ1n) is 13.3. The van der Waals surface area contributed by atoms with Gasteiger partial charge < -0.3 is 14.9 Å². The first-order valence-corrected chi connectivity index (χ1v) is 13.3. The first-order chi connectivity index (χ1) is 15.4. The quantitative estimate of drug-likeness (QED) is 0.575. The fraction of sp³-hybridized carbons (Fsp3) is 0.960. The molecule has 3 rings (SSSR count). The molecule has 32 heavy (non-hydrogen) atoms. The van der Waals surface area contributed by atoms with E-state index in [1.54, 1.807) is 0 Å². The van der Waals surface area contributed by atoms with Gasteiger partial charge in [-0.15, -0.1) is 0 Å². The summed E-state index contributed by atoms with van der Waals surface area (Å²) in [5.74, 6) is 0.101. The predicted molar refractivity (Wildman–Crippen MR) is 131 cm³/mol. The number of rotatable bonds is 9. The number of carboxylic acid groups (broad SMARTS) is 1. The number of hydrogen-bond donors (Lipinski definition) is 1. The number of likely N-dealkylation sites (tertiary alicyclic amines) is 1. The van der Waals surface area contributed by atoms with Crippen molar-refractivity contribution >= 4 is 5.97 Å². The molecule has 0 bridgehead atoms. The van der Waals surface area contributed by atoms with Crippen molar-refractivity contribution in [1.29, 1.82) is 0 Å². The standard InChI is InChI=1S/C25H49N5O2/c1-22(2)29-11-5-9-26(15-17-29)13-14-27-8-4-7-24(20-27)19-23(3)30-12-6-10-28(16-18-30)21-25(31)32/h22-24H,4-21H2,1-3H3,(H,31,32). The molecule has 0 spiro atoms. The lowest BCUT2D eigenvalue weighted by molar-refractivity contribution is -0.138. The smallest absolute Gasteiger partial charge is 0.317 e. The molecular formula is C25H49N5O2. The van der Waals surface area contributed by atoms with E-state index in [-0.39, 0.29) is 6.54 Å². The van der Waals surface area contributed by atoms with Crippen molar-refractivity contribution in [1.82, 2.24) is 24.5 Å². The summed E-state index contributed by atoms with van der Waals surface area (Å²) in [6, 6.07) is 1.27. The van der Waals surface area contributed by atoms with E-state index >= 15 is 0 Å². The van der Waals surface area contributed by atoms with Crippen LogP contribution >= 0.6 is 0 Å². The zero-order valence-corrected chi connectivity index (χ0v) is 21.1. The van der Waals surface area contributed by atoms with E-state index in [2.05, 4.69) is 45.3 Å². The Hall–Kier alpha value is -0.730. The predicted octanol–water partition coefficient (Wildman–Crippen LogP) is 1.99. The lowest BCUT2D eigenvalue weighted by Crippen LogP contribution is -2.44. The number of hydrogen-bond acceptors (Lipinski definition) is 6. The van der Waals surface area contributed by atoms with Gasteiger partial charge in [0.25, 0.3) is 0 Å². The van der Waals surface area contributed by atoms with Gasteiger partial charge in [0.2, 0.25) is 0 Å². The van der Waals surface area contributed by atoms with Crippen molar-refractivity contribution in [2.75, 3.05) is 85.1 Å². The van der Waals surface area contributed by atoms with E-state index in [0.29, 0.717) is 12.1 Å². The highest BCUT2D eigenvalue weighted by molar-refractivity contribution is 5.69. The minimum atomic E-state index is -0.703. The third-order valence-corrected chi connectivity index (χ3v) is 7.97. The zero-order valence-electron chi connectivity index (χ0n) is 21.1. The molecule has 0 saturated carbocycles. The van der Waals surface area contributed by atoms with Crippen LogP contribution in [0.2, 0.25) is 0 Å². The van der Waals surface area contributed by atoms with E-state index < -0.39 is 5.97 Å². The van der Waals surface area contributed by atoms with Crippen LogP contribution in [0.25, 0.3) is 0 Å². The fourth-order valence-corrected chi connectivity index (χ4v) is 5.97. The van der Waals surface area contributed by atoms with Gasteiger partial charge in [-0.05, 0) is 85.0 Å². The molecule has 7 heteroatoms. The second-order valence-electron chi connectivity index (χ2n) is 10.8. The van der Waals surface area contributed by atoms with Crippen LogP contribution < -0.4 is 0 Å². The van der Waals surface area contributed by atoms with Crippen LogP contribution in [-0.2, 0) is 4.79 Å². The Balaban J connectivity index is 1.37. The second kappa shape index (κ2) is 13.2. The average molecular weight is 452 g/mol. The van der Waals surface area contributed by atoms with Gasteiger partial charge in [-0.25, -0.2) is 0 Å². The molecule has 0 amide bonds. The monoisotopic (exact) mass is 451 g/mol. The summed E-state index contributed by atoms with van der Waals surface area (Å²) in [6.45, 7) is 21.1. The van der Waals surface area contributed by atoms with E-state index in [1.807, 2.05) is 0 Å². The molecule has 0 aromatic rings. The average Bonchev–Trinajstić information content (AvgIpc) is 3.13. The van der Waals surface area contributed by atoms with E-state index in [9.17, 15) is 4.79 Å². The van der Waals surface area contributed by atoms with Crippen LogP contribution in [-0.4, -0.2) is 133 Å². The lowest BCUT2D eigenvalue weighted by atomic mass is 9.91. The Morgan fingerprint density at radius 2 is 1.41 bits per heavy atom. The normalized spacial score (nSPS) is 27.3. The molecule has 1 N–H and O–H groups in total. The minimum Gasteiger partial charge on any atom is -0.480 e. The Morgan fingerprint density at radius 3 is 2.16 bits per heavy atom. The van der Waals surface area contributed by atoms with Crippen molar-refractivity contribution in [2.24, 2.45) is 5.92 Å². The fourth-order valence-electron chi connectivity index (χ4n) is 5.97. The third kappa shape index (κ3) is 8.56. The van der Waals surface area contributed by atoms with Crippen LogP contribution in [0.4, 0.5) is 0 Å². The van der Waals surface area contributed by atoms with Gasteiger partial charge in [0.15, 0.2) is 0 Å². The molecule has 3 aliphatic rings. The summed E-state index contributed by atoms with van der Waals surface area (Å²) in [4.78, 5) is 23.8. The van der Waals surface area contributed by atoms with Crippen molar-refractivity contribution < 1.29 is 9.90 Å². The van der Waals surface area contributed by atoms with Gasteiger partial charge in [0.1, 0.15) is 0 Å². The highest BCUT2D eigenvalue weighted by Gasteiger charge is 2.26. The number of carbonyl (C=O) groups is 1.